The van der Waals surface area contributed by atoms with Crippen LogP contribution in [0.25, 0.3) is 0 Å². The second-order valence-corrected chi connectivity index (χ2v) is 11.1. The number of anilines is 1. The number of carbonyl (C=O) groups excluding carboxylic acids is 1. The van der Waals surface area contributed by atoms with Gasteiger partial charge < -0.3 is 15.1 Å². The topological polar surface area (TPSA) is 77.8 Å². The summed E-state index contributed by atoms with van der Waals surface area (Å²) in [7, 11) is 1.77. The first-order chi connectivity index (χ1) is 16.7. The molecule has 0 aliphatic heterocycles. The Kier molecular flexibility index (Phi) is 5.92. The molecule has 5 rings (SSSR count). The predicted octanol–water partition coefficient (Wildman–Crippen LogP) is 4.86. The van der Waals surface area contributed by atoms with Crippen molar-refractivity contribution in [1.82, 2.24) is 0 Å². The fraction of sp³-hybridized carbons (Fsp3) is 0.533. The Morgan fingerprint density at radius 2 is 1.91 bits per heavy atom. The Morgan fingerprint density at radius 3 is 2.60 bits per heavy atom. The average molecular weight is 474 g/mol. The van der Waals surface area contributed by atoms with Gasteiger partial charge in [0.1, 0.15) is 12.1 Å². The molecule has 1 aromatic carbocycles. The third-order valence-corrected chi connectivity index (χ3v) is 9.37. The number of fused-ring (bicyclic) bond motifs is 4. The number of allylic oxidation sites excluding steroid dienone is 4. The maximum absolute atomic E-state index is 12.7. The summed E-state index contributed by atoms with van der Waals surface area (Å²) in [6.45, 7) is 4.01. The highest BCUT2D eigenvalue weighted by Gasteiger charge is 2.60. The molecule has 5 heteroatoms. The number of ketones is 1. The van der Waals surface area contributed by atoms with Crippen molar-refractivity contribution in [2.24, 2.45) is 17.3 Å². The molecule has 184 valence electrons. The van der Waals surface area contributed by atoms with Crippen LogP contribution in [0.1, 0.15) is 70.3 Å². The number of likely N-dealkylation sites (N-methyl/N-ethyl adjacent to an activating group) is 1. The van der Waals surface area contributed by atoms with Gasteiger partial charge in [-0.05, 0) is 92.2 Å². The number of nitrogens with zero attached hydrogens (tertiary/aromatic N) is 1. The summed E-state index contributed by atoms with van der Waals surface area (Å²) >= 11 is 0. The van der Waals surface area contributed by atoms with E-state index in [1.54, 1.807) is 11.9 Å². The molecule has 2 unspecified atom stereocenters. The minimum Gasteiger partial charge on any atom is -0.480 e. The van der Waals surface area contributed by atoms with Crippen molar-refractivity contribution in [2.45, 2.75) is 70.3 Å². The van der Waals surface area contributed by atoms with Crippen molar-refractivity contribution >= 4 is 17.4 Å². The van der Waals surface area contributed by atoms with Gasteiger partial charge in [0, 0.05) is 30.5 Å². The van der Waals surface area contributed by atoms with E-state index >= 15 is 0 Å². The molecule has 5 nitrogen and oxygen atoms in total. The molecule has 2 fully saturated rings. The molecule has 35 heavy (non-hydrogen) atoms. The lowest BCUT2D eigenvalue weighted by molar-refractivity contribution is -0.135. The molecule has 0 saturated heterocycles. The summed E-state index contributed by atoms with van der Waals surface area (Å²) in [5, 5.41) is 20.6. The summed E-state index contributed by atoms with van der Waals surface area (Å²) in [5.41, 5.74) is 4.95. The van der Waals surface area contributed by atoms with E-state index in [0.717, 1.165) is 49.8 Å². The smallest absolute Gasteiger partial charge is 0.323 e. The molecule has 0 amide bonds. The summed E-state index contributed by atoms with van der Waals surface area (Å²) in [6.07, 6.45) is 7.92. The third kappa shape index (κ3) is 3.83. The monoisotopic (exact) mass is 473 g/mol. The molecule has 0 radical (unpaired) electrons. The van der Waals surface area contributed by atoms with Crippen LogP contribution in [0, 0.1) is 29.1 Å². The van der Waals surface area contributed by atoms with Gasteiger partial charge in [0.05, 0.1) is 0 Å². The molecule has 2 N–H and O–H groups in total. The molecule has 0 heterocycles. The third-order valence-electron chi connectivity index (χ3n) is 9.37. The summed E-state index contributed by atoms with van der Waals surface area (Å²) in [4.78, 5) is 25.5. The van der Waals surface area contributed by atoms with E-state index in [2.05, 4.69) is 30.9 Å². The molecule has 1 aromatic rings. The number of hydrogen-bond donors (Lipinski definition) is 2. The fourth-order valence-corrected chi connectivity index (χ4v) is 7.60. The van der Waals surface area contributed by atoms with Crippen LogP contribution in [0.2, 0.25) is 0 Å². The second kappa shape index (κ2) is 8.68. The number of hydrogen-bond acceptors (Lipinski definition) is 4. The van der Waals surface area contributed by atoms with Gasteiger partial charge in [0.25, 0.3) is 0 Å². The Morgan fingerprint density at radius 1 is 1.17 bits per heavy atom. The van der Waals surface area contributed by atoms with E-state index in [9.17, 15) is 14.7 Å². The van der Waals surface area contributed by atoms with Gasteiger partial charge >= 0.3 is 5.97 Å². The van der Waals surface area contributed by atoms with Crippen molar-refractivity contribution in [3.05, 3.63) is 52.6 Å². The Hall–Kier alpha value is -2.84. The van der Waals surface area contributed by atoms with Crippen molar-refractivity contribution in [3.63, 3.8) is 0 Å². The zero-order valence-corrected chi connectivity index (χ0v) is 20.9. The molecular formula is C30H35NO4. The van der Waals surface area contributed by atoms with Crippen LogP contribution in [0.15, 0.2) is 47.1 Å². The van der Waals surface area contributed by atoms with Gasteiger partial charge in [0.2, 0.25) is 0 Å². The molecule has 0 bridgehead atoms. The highest BCUT2D eigenvalue weighted by atomic mass is 16.4. The number of aliphatic hydroxyl groups is 1. The van der Waals surface area contributed by atoms with Gasteiger partial charge in [-0.1, -0.05) is 30.6 Å². The number of carbonyl (C=O) groups is 2. The summed E-state index contributed by atoms with van der Waals surface area (Å²) in [6, 6.07) is 8.04. The largest absolute Gasteiger partial charge is 0.480 e. The first kappa shape index (κ1) is 23.9. The minimum atomic E-state index is -0.904. The lowest BCUT2D eigenvalue weighted by Gasteiger charge is -2.51. The minimum absolute atomic E-state index is 0.0409. The van der Waals surface area contributed by atoms with Gasteiger partial charge in [0.15, 0.2) is 5.78 Å². The van der Waals surface area contributed by atoms with E-state index in [4.69, 9.17) is 5.11 Å². The first-order valence-electron chi connectivity index (χ1n) is 12.8. The zero-order chi connectivity index (χ0) is 25.0. The van der Waals surface area contributed by atoms with Crippen LogP contribution in [-0.4, -0.2) is 41.2 Å². The van der Waals surface area contributed by atoms with E-state index in [0.29, 0.717) is 18.3 Å². The zero-order valence-electron chi connectivity index (χ0n) is 20.9. The van der Waals surface area contributed by atoms with Gasteiger partial charge in [-0.3, -0.25) is 9.59 Å². The maximum Gasteiger partial charge on any atom is 0.323 e. The Labute approximate surface area is 207 Å². The first-order valence-corrected chi connectivity index (χ1v) is 12.8. The van der Waals surface area contributed by atoms with Crippen LogP contribution in [0.4, 0.5) is 5.69 Å². The normalized spacial score (nSPS) is 33.7. The quantitative estimate of drug-likeness (QED) is 0.611. The van der Waals surface area contributed by atoms with Gasteiger partial charge in [-0.25, -0.2) is 0 Å². The van der Waals surface area contributed by atoms with Crippen LogP contribution < -0.4 is 4.90 Å². The second-order valence-electron chi connectivity index (χ2n) is 11.1. The molecule has 4 aliphatic rings. The molecular weight excluding hydrogens is 438 g/mol. The molecule has 0 aromatic heterocycles. The van der Waals surface area contributed by atoms with E-state index < -0.39 is 11.6 Å². The highest BCUT2D eigenvalue weighted by Crippen LogP contribution is 2.64. The van der Waals surface area contributed by atoms with E-state index in [1.807, 2.05) is 25.1 Å². The summed E-state index contributed by atoms with van der Waals surface area (Å²) in [5.74, 6) is 6.37. The Bertz CT molecular complexity index is 1180. The summed E-state index contributed by atoms with van der Waals surface area (Å²) < 4.78 is 0. The SMILES string of the molecule is CC#C[C@]1(O)CCC2C3CCC4=CC(=O)C[C@@H](c5ccc(N(C)CC(=O)O)cc5)C4=C3CC[C@@]21C. The standard InChI is InChI=1S/C30H35NO4/c1-4-13-30(35)15-12-26-23-10-7-20-16-22(32)17-25(28(20)24(23)11-14-29(26,30)2)19-5-8-21(9-6-19)31(3)18-27(33)34/h5-6,8-9,16,23,25-26,35H,7,10-12,14-15,17-18H2,1-3H3,(H,33,34)/t23?,25-,26?,29-,30-/m0/s1. The maximum atomic E-state index is 12.7. The number of benzene rings is 1. The number of carboxylic acids is 1. The molecule has 5 atom stereocenters. The highest BCUT2D eigenvalue weighted by molar-refractivity contribution is 5.94. The lowest BCUT2D eigenvalue weighted by Crippen LogP contribution is -2.49. The van der Waals surface area contributed by atoms with E-state index in [-0.39, 0.29) is 23.7 Å². The van der Waals surface area contributed by atoms with Crippen LogP contribution in [0.3, 0.4) is 0 Å². The lowest BCUT2D eigenvalue weighted by atomic mass is 9.54. The molecule has 0 spiro atoms. The fourth-order valence-electron chi connectivity index (χ4n) is 7.60. The number of aliphatic carboxylic acids is 1. The molecule has 2 saturated carbocycles. The van der Waals surface area contributed by atoms with Crippen molar-refractivity contribution in [3.8, 4) is 11.8 Å². The predicted molar refractivity (Wildman–Crippen MR) is 136 cm³/mol. The number of rotatable bonds is 4. The van der Waals surface area contributed by atoms with Crippen LogP contribution in [-0.2, 0) is 9.59 Å². The number of carboxylic acid groups (broad SMARTS) is 1. The van der Waals surface area contributed by atoms with Gasteiger partial charge in [-0.15, -0.1) is 5.92 Å². The van der Waals surface area contributed by atoms with Crippen molar-refractivity contribution in [1.29, 1.82) is 0 Å². The van der Waals surface area contributed by atoms with Crippen LogP contribution in [0.5, 0.6) is 0 Å². The Balaban J connectivity index is 1.51. The molecule has 4 aliphatic carbocycles. The van der Waals surface area contributed by atoms with E-state index in [1.165, 1.54) is 16.7 Å². The van der Waals surface area contributed by atoms with Gasteiger partial charge in [-0.2, -0.15) is 0 Å². The van der Waals surface area contributed by atoms with Crippen molar-refractivity contribution < 1.29 is 19.8 Å². The van der Waals surface area contributed by atoms with Crippen molar-refractivity contribution in [2.75, 3.05) is 18.5 Å². The average Bonchev–Trinajstić information content (AvgIpc) is 3.08. The van der Waals surface area contributed by atoms with Crippen LogP contribution >= 0.6 is 0 Å².